The predicted octanol–water partition coefficient (Wildman–Crippen LogP) is 3.93. The Morgan fingerprint density at radius 1 is 1.18 bits per heavy atom. The predicted molar refractivity (Wildman–Crippen MR) is 112 cm³/mol. The number of carbonyl (C=O) groups is 1. The highest BCUT2D eigenvalue weighted by atomic mass is 19.4. The monoisotopic (exact) mass is 453 g/mol. The van der Waals surface area contributed by atoms with E-state index in [4.69, 9.17) is 4.74 Å². The Bertz CT molecular complexity index is 1350. The standard InChI is InChI=1S/C23H18F3N5O2/c1-31-11-14(9-30-31)21-20-15(12-33-21)8-27-19-10-28-18(6-17(19)20)22(32)29-7-13-2-4-16(5-3-13)23(24,25)26/h2-6,8-11,21H,7,12H2,1H3,(H,29,32). The van der Waals surface area contributed by atoms with Crippen molar-refractivity contribution in [2.24, 2.45) is 7.05 Å². The molecular weight excluding hydrogens is 435 g/mol. The first-order valence-corrected chi connectivity index (χ1v) is 10.1. The molecule has 5 rings (SSSR count). The highest BCUT2D eigenvalue weighted by Crippen LogP contribution is 2.39. The maximum absolute atomic E-state index is 12.7. The van der Waals surface area contributed by atoms with Crippen LogP contribution in [0.4, 0.5) is 13.2 Å². The van der Waals surface area contributed by atoms with Crippen molar-refractivity contribution in [2.75, 3.05) is 0 Å². The zero-order chi connectivity index (χ0) is 23.2. The van der Waals surface area contributed by atoms with Gasteiger partial charge >= 0.3 is 6.18 Å². The van der Waals surface area contributed by atoms with E-state index >= 15 is 0 Å². The van der Waals surface area contributed by atoms with E-state index in [2.05, 4.69) is 20.4 Å². The average molecular weight is 453 g/mol. The minimum Gasteiger partial charge on any atom is -0.364 e. The Labute approximate surface area is 186 Å². The zero-order valence-electron chi connectivity index (χ0n) is 17.4. The van der Waals surface area contributed by atoms with E-state index in [0.29, 0.717) is 17.7 Å². The number of halogens is 3. The van der Waals surface area contributed by atoms with E-state index in [-0.39, 0.29) is 18.3 Å². The molecule has 168 valence electrons. The molecule has 3 aromatic heterocycles. The minimum atomic E-state index is -4.40. The van der Waals surface area contributed by atoms with Crippen molar-refractivity contribution in [1.29, 1.82) is 0 Å². The van der Waals surface area contributed by atoms with E-state index in [1.54, 1.807) is 23.1 Å². The highest BCUT2D eigenvalue weighted by Gasteiger charge is 2.30. The van der Waals surface area contributed by atoms with Crippen LogP contribution in [0.15, 0.2) is 55.1 Å². The van der Waals surface area contributed by atoms with Crippen molar-refractivity contribution in [3.63, 3.8) is 0 Å². The number of hydrogen-bond donors (Lipinski definition) is 1. The van der Waals surface area contributed by atoms with Crippen molar-refractivity contribution in [1.82, 2.24) is 25.1 Å². The summed E-state index contributed by atoms with van der Waals surface area (Å²) in [5.74, 6) is -0.439. The second kappa shape index (κ2) is 7.96. The average Bonchev–Trinajstić information content (AvgIpc) is 3.43. The first-order valence-electron chi connectivity index (χ1n) is 10.1. The summed E-state index contributed by atoms with van der Waals surface area (Å²) in [5, 5.41) is 7.68. The topological polar surface area (TPSA) is 81.9 Å². The fraction of sp³-hybridized carbons (Fsp3) is 0.217. The molecule has 1 N–H and O–H groups in total. The number of aryl methyl sites for hydroxylation is 1. The maximum atomic E-state index is 12.7. The molecule has 1 amide bonds. The number of amides is 1. The normalized spacial score (nSPS) is 15.6. The summed E-state index contributed by atoms with van der Waals surface area (Å²) in [7, 11) is 1.83. The molecule has 1 aliphatic rings. The van der Waals surface area contributed by atoms with Gasteiger partial charge in [-0.3, -0.25) is 14.5 Å². The highest BCUT2D eigenvalue weighted by molar-refractivity contribution is 5.96. The van der Waals surface area contributed by atoms with Crippen molar-refractivity contribution in [3.8, 4) is 0 Å². The largest absolute Gasteiger partial charge is 0.416 e. The van der Waals surface area contributed by atoms with Crippen LogP contribution in [0.3, 0.4) is 0 Å². The van der Waals surface area contributed by atoms with Crippen LogP contribution in [0.5, 0.6) is 0 Å². The van der Waals surface area contributed by atoms with Crippen molar-refractivity contribution in [3.05, 3.63) is 88.6 Å². The first kappa shape index (κ1) is 21.1. The van der Waals surface area contributed by atoms with Gasteiger partial charge in [0.2, 0.25) is 0 Å². The van der Waals surface area contributed by atoms with E-state index in [1.165, 1.54) is 18.3 Å². The second-order valence-corrected chi connectivity index (χ2v) is 7.80. The molecule has 0 bridgehead atoms. The third-order valence-corrected chi connectivity index (χ3v) is 5.54. The molecular formula is C23H18F3N5O2. The van der Waals surface area contributed by atoms with Crippen LogP contribution < -0.4 is 5.32 Å². The number of nitrogens with one attached hydrogen (secondary N) is 1. The van der Waals surface area contributed by atoms with Gasteiger partial charge in [-0.15, -0.1) is 0 Å². The summed E-state index contributed by atoms with van der Waals surface area (Å²) in [4.78, 5) is 21.4. The van der Waals surface area contributed by atoms with Gasteiger partial charge in [-0.25, -0.2) is 4.98 Å². The van der Waals surface area contributed by atoms with E-state index < -0.39 is 17.6 Å². The van der Waals surface area contributed by atoms with E-state index in [9.17, 15) is 18.0 Å². The van der Waals surface area contributed by atoms with E-state index in [1.807, 2.05) is 13.2 Å². The molecule has 4 heterocycles. The molecule has 10 heteroatoms. The molecule has 0 aliphatic carbocycles. The summed E-state index contributed by atoms with van der Waals surface area (Å²) in [6.45, 7) is 0.471. The van der Waals surface area contributed by atoms with Gasteiger partial charge in [-0.2, -0.15) is 18.3 Å². The lowest BCUT2D eigenvalue weighted by Gasteiger charge is -2.12. The lowest BCUT2D eigenvalue weighted by atomic mass is 9.98. The molecule has 0 fully saturated rings. The van der Waals surface area contributed by atoms with Gasteiger partial charge in [0.15, 0.2) is 0 Å². The Hall–Kier alpha value is -3.79. The summed E-state index contributed by atoms with van der Waals surface area (Å²) in [5.41, 5.74) is 3.37. The molecule has 1 atom stereocenters. The van der Waals surface area contributed by atoms with Gasteiger partial charge in [0.05, 0.1) is 30.1 Å². The lowest BCUT2D eigenvalue weighted by Crippen LogP contribution is -2.24. The van der Waals surface area contributed by atoms with Crippen LogP contribution in [0, 0.1) is 0 Å². The number of ether oxygens (including phenoxy) is 1. The summed E-state index contributed by atoms with van der Waals surface area (Å²) in [6, 6.07) is 6.32. The second-order valence-electron chi connectivity index (χ2n) is 7.80. The Kier molecular flexibility index (Phi) is 5.09. The van der Waals surface area contributed by atoms with Crippen LogP contribution in [0.25, 0.3) is 10.9 Å². The van der Waals surface area contributed by atoms with Crippen LogP contribution in [0.1, 0.15) is 44.4 Å². The number of benzene rings is 1. The summed E-state index contributed by atoms with van der Waals surface area (Å²) >= 11 is 0. The molecule has 1 aromatic carbocycles. The van der Waals surface area contributed by atoms with Crippen molar-refractivity contribution >= 4 is 16.8 Å². The number of hydrogen-bond acceptors (Lipinski definition) is 5. The summed E-state index contributed by atoms with van der Waals surface area (Å²) in [6.07, 6.45) is 2.17. The molecule has 1 aliphatic heterocycles. The van der Waals surface area contributed by atoms with Gasteiger partial charge in [0.25, 0.3) is 5.91 Å². The summed E-state index contributed by atoms with van der Waals surface area (Å²) < 4.78 is 45.8. The van der Waals surface area contributed by atoms with Gasteiger partial charge in [-0.05, 0) is 23.8 Å². The van der Waals surface area contributed by atoms with Gasteiger partial charge in [0.1, 0.15) is 11.8 Å². The van der Waals surface area contributed by atoms with Gasteiger partial charge in [-0.1, -0.05) is 12.1 Å². The van der Waals surface area contributed by atoms with Crippen LogP contribution in [-0.2, 0) is 31.1 Å². The SMILES string of the molecule is Cn1cc(C2OCc3cnc4cnc(C(=O)NCc5ccc(C(F)(F)F)cc5)cc4c32)cn1. The lowest BCUT2D eigenvalue weighted by molar-refractivity contribution is -0.137. The number of aromatic nitrogens is 4. The molecule has 7 nitrogen and oxygen atoms in total. The van der Waals surface area contributed by atoms with Crippen LogP contribution >= 0.6 is 0 Å². The third-order valence-electron chi connectivity index (χ3n) is 5.54. The molecule has 0 saturated heterocycles. The number of alkyl halides is 3. The number of nitrogens with zero attached hydrogens (tertiary/aromatic N) is 4. The number of carbonyl (C=O) groups excluding carboxylic acids is 1. The molecule has 0 spiro atoms. The number of fused-ring (bicyclic) bond motifs is 3. The Morgan fingerprint density at radius 2 is 1.97 bits per heavy atom. The molecule has 0 saturated carbocycles. The molecule has 4 aromatic rings. The fourth-order valence-electron chi connectivity index (χ4n) is 3.88. The Morgan fingerprint density at radius 3 is 2.67 bits per heavy atom. The van der Waals surface area contributed by atoms with Crippen molar-refractivity contribution in [2.45, 2.75) is 25.4 Å². The zero-order valence-corrected chi connectivity index (χ0v) is 17.4. The van der Waals surface area contributed by atoms with Crippen molar-refractivity contribution < 1.29 is 22.7 Å². The third kappa shape index (κ3) is 4.05. The van der Waals surface area contributed by atoms with Crippen LogP contribution in [-0.4, -0.2) is 25.7 Å². The van der Waals surface area contributed by atoms with Gasteiger partial charge < -0.3 is 10.1 Å². The fourth-order valence-corrected chi connectivity index (χ4v) is 3.88. The molecule has 0 radical (unpaired) electrons. The number of pyridine rings is 2. The smallest absolute Gasteiger partial charge is 0.364 e. The molecule has 33 heavy (non-hydrogen) atoms. The first-order chi connectivity index (χ1) is 15.8. The van der Waals surface area contributed by atoms with E-state index in [0.717, 1.165) is 34.2 Å². The Balaban J connectivity index is 1.40. The minimum absolute atomic E-state index is 0.0727. The van der Waals surface area contributed by atoms with Crippen LogP contribution in [0.2, 0.25) is 0 Å². The maximum Gasteiger partial charge on any atom is 0.416 e. The number of rotatable bonds is 4. The van der Waals surface area contributed by atoms with Gasteiger partial charge in [0, 0.05) is 48.1 Å². The quantitative estimate of drug-likeness (QED) is 0.506. The molecule has 1 unspecified atom stereocenters.